The van der Waals surface area contributed by atoms with E-state index in [0.717, 1.165) is 0 Å². The molecule has 1 amide bonds. The van der Waals surface area contributed by atoms with E-state index in [-0.39, 0.29) is 5.91 Å². The second-order valence-electron chi connectivity index (χ2n) is 2.02. The van der Waals surface area contributed by atoms with Crippen LogP contribution in [0, 0.1) is 0 Å². The number of rotatable bonds is 0. The second kappa shape index (κ2) is 4.96. The van der Waals surface area contributed by atoms with E-state index in [1.54, 1.807) is 0 Å². The summed E-state index contributed by atoms with van der Waals surface area (Å²) >= 11 is 0. The third-order valence-corrected chi connectivity index (χ3v) is 1.11. The van der Waals surface area contributed by atoms with Gasteiger partial charge >= 0.3 is 0 Å². The molecule has 3 nitrogen and oxygen atoms in total. The topological polar surface area (TPSA) is 41.8 Å². The summed E-state index contributed by atoms with van der Waals surface area (Å²) < 4.78 is 0. The van der Waals surface area contributed by atoms with Crippen molar-refractivity contribution in [1.82, 2.24) is 0 Å². The summed E-state index contributed by atoms with van der Waals surface area (Å²) in [6.45, 7) is 0. The van der Waals surface area contributed by atoms with Crippen molar-refractivity contribution in [2.45, 2.75) is 0 Å². The van der Waals surface area contributed by atoms with E-state index >= 15 is 0 Å². The van der Waals surface area contributed by atoms with E-state index in [1.807, 2.05) is 36.4 Å². The normalized spacial score (nSPS) is 12.5. The number of hydrogen-bond acceptors (Lipinski definition) is 2. The Hall–Kier alpha value is -1.77. The molecule has 0 aromatic heterocycles. The highest BCUT2D eigenvalue weighted by Crippen LogP contribution is 1.90. The van der Waals surface area contributed by atoms with Crippen LogP contribution in [0.15, 0.2) is 58.9 Å². The number of benzene rings is 1. The van der Waals surface area contributed by atoms with Gasteiger partial charge in [0.2, 0.25) is 0 Å². The number of carbonyl (C=O) groups is 1. The molecule has 1 aromatic rings. The van der Waals surface area contributed by atoms with Gasteiger partial charge in [0.25, 0.3) is 5.91 Å². The first-order chi connectivity index (χ1) is 5.89. The molecule has 0 unspecified atom stereocenters. The lowest BCUT2D eigenvalue weighted by molar-refractivity contribution is -0.113. The van der Waals surface area contributed by atoms with Gasteiger partial charge in [-0.1, -0.05) is 36.4 Å². The van der Waals surface area contributed by atoms with Crippen molar-refractivity contribution in [3.63, 3.8) is 0 Å². The first-order valence-electron chi connectivity index (χ1n) is 3.51. The largest absolute Gasteiger partial charge is 0.289 e. The van der Waals surface area contributed by atoms with Crippen molar-refractivity contribution in [2.24, 2.45) is 10.2 Å². The van der Waals surface area contributed by atoms with Crippen LogP contribution in [0.5, 0.6) is 0 Å². The molecule has 60 valence electrons. The minimum atomic E-state index is -0.269. The van der Waals surface area contributed by atoms with E-state index in [0.29, 0.717) is 0 Å². The van der Waals surface area contributed by atoms with Gasteiger partial charge in [-0.25, -0.2) is 0 Å². The van der Waals surface area contributed by atoms with Gasteiger partial charge in [0, 0.05) is 6.08 Å². The molecule has 12 heavy (non-hydrogen) atoms. The van der Waals surface area contributed by atoms with Crippen LogP contribution in [-0.4, -0.2) is 5.91 Å². The number of carbonyl (C=O) groups excluding carboxylic acids is 1. The molecule has 3 heteroatoms. The lowest BCUT2D eigenvalue weighted by Crippen LogP contribution is -1.74. The maximum atomic E-state index is 9.90. The van der Waals surface area contributed by atoms with Gasteiger partial charge in [-0.3, -0.25) is 4.79 Å². The van der Waals surface area contributed by atoms with Crippen molar-refractivity contribution in [3.05, 3.63) is 48.7 Å². The summed E-state index contributed by atoms with van der Waals surface area (Å²) in [5.41, 5.74) is 0. The van der Waals surface area contributed by atoms with Crippen molar-refractivity contribution in [3.8, 4) is 0 Å². The Morgan fingerprint density at radius 3 is 1.58 bits per heavy atom. The lowest BCUT2D eigenvalue weighted by Gasteiger charge is -1.69. The van der Waals surface area contributed by atoms with Crippen LogP contribution >= 0.6 is 0 Å². The quantitative estimate of drug-likeness (QED) is 0.573. The van der Waals surface area contributed by atoms with E-state index in [2.05, 4.69) is 10.2 Å². The third-order valence-electron chi connectivity index (χ3n) is 1.11. The Morgan fingerprint density at radius 1 is 0.917 bits per heavy atom. The summed E-state index contributed by atoms with van der Waals surface area (Å²) in [5.74, 6) is -0.269. The van der Waals surface area contributed by atoms with Gasteiger partial charge < -0.3 is 0 Å². The van der Waals surface area contributed by atoms with Crippen molar-refractivity contribution >= 4 is 5.91 Å². The molecular weight excluding hydrogens is 152 g/mol. The smallest absolute Gasteiger partial charge is 0.266 e. The van der Waals surface area contributed by atoms with E-state index in [4.69, 9.17) is 0 Å². The summed E-state index contributed by atoms with van der Waals surface area (Å²) in [6, 6.07) is 12.0. The highest BCUT2D eigenvalue weighted by molar-refractivity contribution is 5.89. The minimum absolute atomic E-state index is 0.269. The standard InChI is InChI=1S/C6H6.C3H2N2O/c1-2-4-6-5-3-1;6-3-1-2-4-5-3/h1-6H;1-2H. The molecule has 2 rings (SSSR count). The Balaban J connectivity index is 0.000000120. The number of nitrogens with zero attached hydrogens (tertiary/aromatic N) is 2. The maximum Gasteiger partial charge on any atom is 0.289 e. The van der Waals surface area contributed by atoms with Gasteiger partial charge in [-0.15, -0.1) is 5.11 Å². The Labute approximate surface area is 70.4 Å². The zero-order valence-electron chi connectivity index (χ0n) is 6.42. The molecule has 0 spiro atoms. The summed E-state index contributed by atoms with van der Waals surface area (Å²) in [5, 5.41) is 6.37. The fourth-order valence-electron chi connectivity index (χ4n) is 0.606. The zero-order chi connectivity index (χ0) is 8.65. The first-order valence-corrected chi connectivity index (χ1v) is 3.51. The zero-order valence-corrected chi connectivity index (χ0v) is 6.42. The predicted octanol–water partition coefficient (Wildman–Crippen LogP) is 2.18. The van der Waals surface area contributed by atoms with Crippen LogP contribution < -0.4 is 0 Å². The van der Waals surface area contributed by atoms with Gasteiger partial charge in [0.15, 0.2) is 0 Å². The first kappa shape index (κ1) is 8.33. The van der Waals surface area contributed by atoms with Crippen LogP contribution in [0.4, 0.5) is 0 Å². The number of azo groups is 1. The fourth-order valence-corrected chi connectivity index (χ4v) is 0.606. The number of hydrogen-bond donors (Lipinski definition) is 0. The van der Waals surface area contributed by atoms with Crippen molar-refractivity contribution in [1.29, 1.82) is 0 Å². The fraction of sp³-hybridized carbons (Fsp3) is 0. The highest BCUT2D eigenvalue weighted by atomic mass is 16.1. The van der Waals surface area contributed by atoms with Crippen LogP contribution in [0.25, 0.3) is 0 Å². The van der Waals surface area contributed by atoms with E-state index in [1.165, 1.54) is 12.3 Å². The minimum Gasteiger partial charge on any atom is -0.266 e. The molecule has 0 saturated carbocycles. The monoisotopic (exact) mass is 160 g/mol. The summed E-state index contributed by atoms with van der Waals surface area (Å²) in [7, 11) is 0. The molecule has 0 bridgehead atoms. The Kier molecular flexibility index (Phi) is 3.44. The van der Waals surface area contributed by atoms with E-state index in [9.17, 15) is 4.79 Å². The van der Waals surface area contributed by atoms with Gasteiger partial charge in [0.1, 0.15) is 0 Å². The average Bonchev–Trinajstić information content (AvgIpc) is 2.60. The SMILES string of the molecule is O=C1C=CN=N1.c1ccccc1. The average molecular weight is 160 g/mol. The lowest BCUT2D eigenvalue weighted by atomic mass is 10.4. The molecule has 0 radical (unpaired) electrons. The molecule has 0 N–H and O–H groups in total. The molecule has 1 aliphatic heterocycles. The van der Waals surface area contributed by atoms with Crippen LogP contribution in [0.3, 0.4) is 0 Å². The van der Waals surface area contributed by atoms with Crippen molar-refractivity contribution in [2.75, 3.05) is 0 Å². The van der Waals surface area contributed by atoms with Crippen LogP contribution in [0.1, 0.15) is 0 Å². The van der Waals surface area contributed by atoms with Gasteiger partial charge in [-0.2, -0.15) is 5.11 Å². The molecule has 0 saturated heterocycles. The summed E-state index contributed by atoms with van der Waals surface area (Å²) in [6.07, 6.45) is 2.67. The predicted molar refractivity (Wildman–Crippen MR) is 45.4 cm³/mol. The molecular formula is C9H8N2O. The summed E-state index contributed by atoms with van der Waals surface area (Å²) in [4.78, 5) is 9.90. The molecule has 0 atom stereocenters. The van der Waals surface area contributed by atoms with E-state index < -0.39 is 0 Å². The highest BCUT2D eigenvalue weighted by Gasteiger charge is 1.92. The third kappa shape index (κ3) is 3.41. The maximum absolute atomic E-state index is 9.90. The second-order valence-corrected chi connectivity index (χ2v) is 2.02. The van der Waals surface area contributed by atoms with Gasteiger partial charge in [0.05, 0.1) is 6.20 Å². The number of amides is 1. The molecule has 1 aliphatic rings. The van der Waals surface area contributed by atoms with Crippen LogP contribution in [0.2, 0.25) is 0 Å². The molecule has 0 aliphatic carbocycles. The van der Waals surface area contributed by atoms with Gasteiger partial charge in [-0.05, 0) is 0 Å². The van der Waals surface area contributed by atoms with Crippen LogP contribution in [-0.2, 0) is 4.79 Å². The molecule has 1 aromatic carbocycles. The molecule has 1 heterocycles. The molecule has 0 fully saturated rings. The Morgan fingerprint density at radius 2 is 1.42 bits per heavy atom. The van der Waals surface area contributed by atoms with Crippen molar-refractivity contribution < 1.29 is 4.79 Å². The Bertz CT molecular complexity index is 250.